The third-order valence-corrected chi connectivity index (χ3v) is 6.74. The van der Waals surface area contributed by atoms with E-state index >= 15 is 0 Å². The van der Waals surface area contributed by atoms with E-state index in [9.17, 15) is 4.79 Å². The van der Waals surface area contributed by atoms with E-state index < -0.39 is 0 Å². The lowest BCUT2D eigenvalue weighted by Crippen LogP contribution is -2.60. The molecule has 1 atom stereocenters. The van der Waals surface area contributed by atoms with Crippen molar-refractivity contribution in [3.63, 3.8) is 0 Å². The maximum Gasteiger partial charge on any atom is 0.194 e. The van der Waals surface area contributed by atoms with Crippen molar-refractivity contribution in [3.05, 3.63) is 70.3 Å². The molecule has 0 radical (unpaired) electrons. The van der Waals surface area contributed by atoms with Crippen molar-refractivity contribution in [1.29, 1.82) is 0 Å². The monoisotopic (exact) mass is 378 g/mol. The number of likely N-dealkylation sites (tertiary alicyclic amines) is 1. The maximum atomic E-state index is 13.6. The number of carbonyl (C=O) groups is 1. The van der Waals surface area contributed by atoms with E-state index in [1.165, 1.54) is 47.1 Å². The van der Waals surface area contributed by atoms with E-state index in [-0.39, 0.29) is 6.04 Å². The second-order valence-electron chi connectivity index (χ2n) is 8.81. The second-order valence-corrected chi connectivity index (χ2v) is 8.81. The van der Waals surface area contributed by atoms with E-state index in [0.29, 0.717) is 12.2 Å². The van der Waals surface area contributed by atoms with Crippen LogP contribution in [-0.2, 0) is 17.8 Å². The van der Waals surface area contributed by atoms with Crippen molar-refractivity contribution >= 4 is 5.78 Å². The summed E-state index contributed by atoms with van der Waals surface area (Å²) in [6, 6.07) is 15.4. The summed E-state index contributed by atoms with van der Waals surface area (Å²) < 4.78 is 0.948. The minimum atomic E-state index is 0.0978. The van der Waals surface area contributed by atoms with Crippen LogP contribution >= 0.6 is 0 Å². The molecule has 0 bridgehead atoms. The largest absolute Gasteiger partial charge is 0.311 e. The molecule has 1 aliphatic rings. The molecule has 0 aromatic heterocycles. The van der Waals surface area contributed by atoms with E-state index in [4.69, 9.17) is 0 Å². The Morgan fingerprint density at radius 3 is 2.11 bits per heavy atom. The lowest BCUT2D eigenvalue weighted by molar-refractivity contribution is -0.959. The number of benzene rings is 2. The van der Waals surface area contributed by atoms with Gasteiger partial charge in [0.15, 0.2) is 5.78 Å². The van der Waals surface area contributed by atoms with E-state index in [2.05, 4.69) is 70.2 Å². The quantitative estimate of drug-likeness (QED) is 0.565. The third kappa shape index (κ3) is 4.55. The number of rotatable bonds is 7. The Morgan fingerprint density at radius 2 is 1.54 bits per heavy atom. The molecule has 1 saturated heterocycles. The Hall–Kier alpha value is -1.93. The van der Waals surface area contributed by atoms with Gasteiger partial charge >= 0.3 is 0 Å². The maximum absolute atomic E-state index is 13.6. The fraction of sp³-hybridized carbons (Fsp3) is 0.500. The van der Waals surface area contributed by atoms with Gasteiger partial charge in [0.25, 0.3) is 0 Å². The zero-order valence-electron chi connectivity index (χ0n) is 18.1. The number of carbonyl (C=O) groups excluding carboxylic acids is 1. The summed E-state index contributed by atoms with van der Waals surface area (Å²) in [7, 11) is 0. The van der Waals surface area contributed by atoms with Gasteiger partial charge in [-0.3, -0.25) is 4.79 Å². The number of nitrogens with zero attached hydrogens (tertiary/aromatic N) is 1. The normalized spacial score (nSPS) is 17.3. The standard InChI is InChI=1S/C26H36NO/c1-5-25(26(28)18-24-21(3)10-9-11-22(24)4)27(16-7-6-8-17-27)19-23-14-12-20(2)13-15-23/h9-15,25H,5-8,16-19H2,1-4H3/q+1. The Balaban J connectivity index is 1.88. The van der Waals surface area contributed by atoms with Crippen molar-refractivity contribution < 1.29 is 9.28 Å². The lowest BCUT2D eigenvalue weighted by atomic mass is 9.91. The smallest absolute Gasteiger partial charge is 0.194 e. The lowest BCUT2D eigenvalue weighted by Gasteiger charge is -2.46. The van der Waals surface area contributed by atoms with Crippen LogP contribution in [-0.4, -0.2) is 29.4 Å². The summed E-state index contributed by atoms with van der Waals surface area (Å²) in [5, 5.41) is 0. The Morgan fingerprint density at radius 1 is 0.929 bits per heavy atom. The number of piperidine rings is 1. The van der Waals surface area contributed by atoms with E-state index in [1.807, 2.05) is 0 Å². The molecule has 2 aromatic carbocycles. The highest BCUT2D eigenvalue weighted by atomic mass is 16.1. The van der Waals surface area contributed by atoms with Gasteiger partial charge in [-0.2, -0.15) is 0 Å². The minimum absolute atomic E-state index is 0.0978. The number of hydrogen-bond donors (Lipinski definition) is 0. The molecule has 2 aromatic rings. The summed E-state index contributed by atoms with van der Waals surface area (Å²) in [6.07, 6.45) is 5.27. The Labute approximate surface area is 171 Å². The molecule has 1 heterocycles. The number of hydrogen-bond acceptors (Lipinski definition) is 1. The van der Waals surface area contributed by atoms with E-state index in [0.717, 1.165) is 30.5 Å². The highest BCUT2D eigenvalue weighted by Crippen LogP contribution is 2.30. The third-order valence-electron chi connectivity index (χ3n) is 6.74. The molecular formula is C26H36NO+. The van der Waals surface area contributed by atoms with Crippen molar-refractivity contribution in [1.82, 2.24) is 0 Å². The van der Waals surface area contributed by atoms with Gasteiger partial charge in [-0.15, -0.1) is 0 Å². The molecule has 0 saturated carbocycles. The minimum Gasteiger partial charge on any atom is -0.311 e. The molecule has 150 valence electrons. The van der Waals surface area contributed by atoms with Crippen molar-refractivity contribution in [2.75, 3.05) is 13.1 Å². The van der Waals surface area contributed by atoms with Gasteiger partial charge in [-0.05, 0) is 56.7 Å². The van der Waals surface area contributed by atoms with Crippen LogP contribution in [0.2, 0.25) is 0 Å². The van der Waals surface area contributed by atoms with Gasteiger partial charge in [0, 0.05) is 18.4 Å². The highest BCUT2D eigenvalue weighted by molar-refractivity contribution is 5.85. The first-order valence-electron chi connectivity index (χ1n) is 10.9. The number of quaternary nitrogens is 1. The van der Waals surface area contributed by atoms with Gasteiger partial charge < -0.3 is 4.48 Å². The van der Waals surface area contributed by atoms with Crippen molar-refractivity contribution in [3.8, 4) is 0 Å². The van der Waals surface area contributed by atoms with Crippen LogP contribution in [0.3, 0.4) is 0 Å². The predicted octanol–water partition coefficient (Wildman–Crippen LogP) is 5.70. The van der Waals surface area contributed by atoms with Crippen LogP contribution in [0.15, 0.2) is 42.5 Å². The summed E-state index contributed by atoms with van der Waals surface area (Å²) >= 11 is 0. The first-order chi connectivity index (χ1) is 13.4. The SMILES string of the molecule is CCC(C(=O)Cc1c(C)cccc1C)[N+]1(Cc2ccc(C)cc2)CCCCC1. The van der Waals surface area contributed by atoms with Gasteiger partial charge in [-0.25, -0.2) is 0 Å². The molecule has 0 aliphatic carbocycles. The van der Waals surface area contributed by atoms with Crippen LogP contribution in [0.1, 0.15) is 60.4 Å². The first-order valence-corrected chi connectivity index (χ1v) is 10.9. The predicted molar refractivity (Wildman–Crippen MR) is 117 cm³/mol. The fourth-order valence-corrected chi connectivity index (χ4v) is 5.12. The molecular weight excluding hydrogens is 342 g/mol. The van der Waals surface area contributed by atoms with Gasteiger partial charge in [-0.1, -0.05) is 55.0 Å². The van der Waals surface area contributed by atoms with Crippen molar-refractivity contribution in [2.24, 2.45) is 0 Å². The second kappa shape index (κ2) is 9.05. The summed E-state index contributed by atoms with van der Waals surface area (Å²) in [5.41, 5.74) is 6.38. The zero-order valence-corrected chi connectivity index (χ0v) is 18.1. The summed E-state index contributed by atoms with van der Waals surface area (Å²) in [5.74, 6) is 0.425. The molecule has 1 aliphatic heterocycles. The van der Waals surface area contributed by atoms with Crippen LogP contribution in [0.5, 0.6) is 0 Å². The molecule has 0 amide bonds. The topological polar surface area (TPSA) is 17.1 Å². The number of Topliss-reactive ketones (excluding diaryl/α,β-unsaturated/α-hetero) is 1. The average Bonchev–Trinajstić information content (AvgIpc) is 2.68. The Bertz CT molecular complexity index is 779. The van der Waals surface area contributed by atoms with Gasteiger partial charge in [0.05, 0.1) is 13.1 Å². The number of aryl methyl sites for hydroxylation is 3. The molecule has 2 heteroatoms. The van der Waals surface area contributed by atoms with Crippen LogP contribution in [0.25, 0.3) is 0 Å². The highest BCUT2D eigenvalue weighted by Gasteiger charge is 2.41. The first kappa shape index (κ1) is 20.8. The Kier molecular flexibility index (Phi) is 6.72. The van der Waals surface area contributed by atoms with Crippen molar-refractivity contribution in [2.45, 2.75) is 72.4 Å². The van der Waals surface area contributed by atoms with Crippen LogP contribution in [0, 0.1) is 20.8 Å². The summed E-state index contributed by atoms with van der Waals surface area (Å²) in [6.45, 7) is 11.9. The summed E-state index contributed by atoms with van der Waals surface area (Å²) in [4.78, 5) is 13.6. The van der Waals surface area contributed by atoms with Gasteiger partial charge in [0.1, 0.15) is 12.6 Å². The average molecular weight is 379 g/mol. The molecule has 1 fully saturated rings. The fourth-order valence-electron chi connectivity index (χ4n) is 5.12. The van der Waals surface area contributed by atoms with Crippen LogP contribution < -0.4 is 0 Å². The number of ketones is 1. The molecule has 1 unspecified atom stereocenters. The molecule has 2 nitrogen and oxygen atoms in total. The molecule has 0 spiro atoms. The van der Waals surface area contributed by atoms with Crippen LogP contribution in [0.4, 0.5) is 0 Å². The molecule has 0 N–H and O–H groups in total. The molecule has 28 heavy (non-hydrogen) atoms. The zero-order chi connectivity index (χ0) is 20.1. The molecule has 3 rings (SSSR count). The van der Waals surface area contributed by atoms with E-state index in [1.54, 1.807) is 0 Å². The van der Waals surface area contributed by atoms with Gasteiger partial charge in [0.2, 0.25) is 0 Å².